The van der Waals surface area contributed by atoms with Gasteiger partial charge in [0.2, 0.25) is 0 Å². The van der Waals surface area contributed by atoms with Crippen LogP contribution >= 0.6 is 35.3 Å². The fraction of sp³-hybridized carbons (Fsp3) is 0.500. The van der Waals surface area contributed by atoms with Crippen molar-refractivity contribution in [3.8, 4) is 0 Å². The van der Waals surface area contributed by atoms with Crippen LogP contribution in [0.3, 0.4) is 0 Å². The van der Waals surface area contributed by atoms with Crippen molar-refractivity contribution in [1.29, 1.82) is 0 Å². The zero-order valence-corrected chi connectivity index (χ0v) is 18.0. The van der Waals surface area contributed by atoms with Crippen LogP contribution in [-0.2, 0) is 4.74 Å². The molecule has 1 aromatic heterocycles. The number of benzene rings is 1. The van der Waals surface area contributed by atoms with Gasteiger partial charge in [-0.25, -0.2) is 0 Å². The molecule has 2 aromatic rings. The van der Waals surface area contributed by atoms with Crippen molar-refractivity contribution in [3.05, 3.63) is 35.2 Å². The molecule has 0 aliphatic rings. The standard InChI is InChI=1S/C18H27N3O2S.HI/c1-19-18(20-10-6-3-7-11-23-2)21-13-15(22)17-12-14-8-4-5-9-16(14)24-17;/h4-5,8-9,12,15,22H,3,6-7,10-11,13H2,1-2H3,(H2,19,20,21);1H. The summed E-state index contributed by atoms with van der Waals surface area (Å²) in [5.41, 5.74) is 0. The molecule has 0 bridgehead atoms. The van der Waals surface area contributed by atoms with Gasteiger partial charge in [0.1, 0.15) is 6.10 Å². The fourth-order valence-electron chi connectivity index (χ4n) is 2.44. The van der Waals surface area contributed by atoms with E-state index in [0.717, 1.165) is 43.3 Å². The Morgan fingerprint density at radius 2 is 2.04 bits per heavy atom. The molecule has 0 amide bonds. The van der Waals surface area contributed by atoms with Crippen LogP contribution in [0.2, 0.25) is 0 Å². The number of aliphatic hydroxyl groups excluding tert-OH is 1. The lowest BCUT2D eigenvalue weighted by Crippen LogP contribution is -2.39. The minimum Gasteiger partial charge on any atom is -0.386 e. The number of fused-ring (bicyclic) bond motifs is 1. The Morgan fingerprint density at radius 3 is 2.76 bits per heavy atom. The molecule has 2 rings (SSSR count). The number of ether oxygens (including phenoxy) is 1. The second-order valence-electron chi connectivity index (χ2n) is 5.64. The zero-order valence-electron chi connectivity index (χ0n) is 14.8. The monoisotopic (exact) mass is 477 g/mol. The molecule has 7 heteroatoms. The van der Waals surface area contributed by atoms with Crippen molar-refractivity contribution in [2.24, 2.45) is 4.99 Å². The third-order valence-corrected chi connectivity index (χ3v) is 4.99. The van der Waals surface area contributed by atoms with Gasteiger partial charge in [0.25, 0.3) is 0 Å². The maximum atomic E-state index is 10.4. The van der Waals surface area contributed by atoms with Crippen LogP contribution in [-0.4, -0.2) is 44.9 Å². The normalized spacial score (nSPS) is 12.7. The summed E-state index contributed by atoms with van der Waals surface area (Å²) >= 11 is 1.63. The van der Waals surface area contributed by atoms with E-state index in [1.165, 1.54) is 10.1 Å². The van der Waals surface area contributed by atoms with Crippen molar-refractivity contribution in [2.45, 2.75) is 25.4 Å². The smallest absolute Gasteiger partial charge is 0.191 e. The highest BCUT2D eigenvalue weighted by Gasteiger charge is 2.12. The van der Waals surface area contributed by atoms with E-state index < -0.39 is 6.10 Å². The third-order valence-electron chi connectivity index (χ3n) is 3.78. The summed E-state index contributed by atoms with van der Waals surface area (Å²) < 4.78 is 6.24. The van der Waals surface area contributed by atoms with Crippen LogP contribution in [0, 0.1) is 0 Å². The molecule has 1 unspecified atom stereocenters. The highest BCUT2D eigenvalue weighted by molar-refractivity contribution is 14.0. The Bertz CT molecular complexity index is 615. The predicted octanol–water partition coefficient (Wildman–Crippen LogP) is 3.53. The van der Waals surface area contributed by atoms with Crippen molar-refractivity contribution in [1.82, 2.24) is 10.6 Å². The minimum atomic E-state index is -0.539. The Hall–Kier alpha value is -0.900. The van der Waals surface area contributed by atoms with Gasteiger partial charge in [-0.3, -0.25) is 4.99 Å². The largest absolute Gasteiger partial charge is 0.386 e. The molecule has 0 saturated carbocycles. The first-order valence-corrected chi connectivity index (χ1v) is 9.16. The highest BCUT2D eigenvalue weighted by atomic mass is 127. The van der Waals surface area contributed by atoms with Crippen molar-refractivity contribution < 1.29 is 9.84 Å². The number of guanidine groups is 1. The van der Waals surface area contributed by atoms with Gasteiger partial charge in [-0.15, -0.1) is 35.3 Å². The molecule has 0 fully saturated rings. The number of aliphatic imine (C=N–C) groups is 1. The van der Waals surface area contributed by atoms with Crippen LogP contribution in [0.5, 0.6) is 0 Å². The Morgan fingerprint density at radius 1 is 1.24 bits per heavy atom. The lowest BCUT2D eigenvalue weighted by atomic mass is 10.2. The molecule has 140 valence electrons. The molecule has 1 aromatic carbocycles. The molecule has 0 spiro atoms. The van der Waals surface area contributed by atoms with E-state index in [-0.39, 0.29) is 24.0 Å². The van der Waals surface area contributed by atoms with Gasteiger partial charge in [0, 0.05) is 43.4 Å². The summed E-state index contributed by atoms with van der Waals surface area (Å²) in [6.45, 7) is 2.12. The summed E-state index contributed by atoms with van der Waals surface area (Å²) in [6, 6.07) is 10.2. The van der Waals surface area contributed by atoms with Crippen LogP contribution in [0.25, 0.3) is 10.1 Å². The van der Waals surface area contributed by atoms with Crippen LogP contribution in [0.15, 0.2) is 35.3 Å². The van der Waals surface area contributed by atoms with Crippen molar-refractivity contribution >= 4 is 51.4 Å². The van der Waals surface area contributed by atoms with Crippen LogP contribution in [0.4, 0.5) is 0 Å². The average molecular weight is 477 g/mol. The van der Waals surface area contributed by atoms with E-state index in [1.54, 1.807) is 25.5 Å². The zero-order chi connectivity index (χ0) is 17.2. The first kappa shape index (κ1) is 22.1. The number of rotatable bonds is 9. The van der Waals surface area contributed by atoms with Gasteiger partial charge in [-0.05, 0) is 36.8 Å². The molecular weight excluding hydrogens is 449 g/mol. The molecule has 3 N–H and O–H groups in total. The van der Waals surface area contributed by atoms with Gasteiger partial charge in [-0.1, -0.05) is 18.2 Å². The van der Waals surface area contributed by atoms with Gasteiger partial charge in [-0.2, -0.15) is 0 Å². The van der Waals surface area contributed by atoms with Gasteiger partial charge < -0.3 is 20.5 Å². The summed E-state index contributed by atoms with van der Waals surface area (Å²) in [6.07, 6.45) is 2.74. The molecule has 0 aliphatic heterocycles. The maximum absolute atomic E-state index is 10.4. The fourth-order valence-corrected chi connectivity index (χ4v) is 3.49. The minimum absolute atomic E-state index is 0. The number of hydrogen-bond acceptors (Lipinski definition) is 4. The molecule has 25 heavy (non-hydrogen) atoms. The molecule has 1 atom stereocenters. The molecule has 0 saturated heterocycles. The van der Waals surface area contributed by atoms with E-state index in [0.29, 0.717) is 6.54 Å². The Labute approximate surface area is 170 Å². The SMILES string of the molecule is CN=C(NCCCCCOC)NCC(O)c1cc2ccccc2s1.I. The Balaban J connectivity index is 0.00000312. The van der Waals surface area contributed by atoms with E-state index in [9.17, 15) is 5.11 Å². The average Bonchev–Trinajstić information content (AvgIpc) is 3.04. The number of nitrogens with one attached hydrogen (secondary N) is 2. The van der Waals surface area contributed by atoms with Crippen LogP contribution in [0.1, 0.15) is 30.2 Å². The second-order valence-corrected chi connectivity index (χ2v) is 6.75. The third kappa shape index (κ3) is 7.47. The summed E-state index contributed by atoms with van der Waals surface area (Å²) in [5, 5.41) is 18.0. The first-order chi connectivity index (χ1) is 11.7. The number of thiophene rings is 1. The molecule has 0 aliphatic carbocycles. The molecule has 1 heterocycles. The summed E-state index contributed by atoms with van der Waals surface area (Å²) in [4.78, 5) is 5.16. The van der Waals surface area contributed by atoms with E-state index in [4.69, 9.17) is 4.74 Å². The van der Waals surface area contributed by atoms with Gasteiger partial charge in [0.15, 0.2) is 5.96 Å². The lowest BCUT2D eigenvalue weighted by molar-refractivity contribution is 0.184. The molecule has 5 nitrogen and oxygen atoms in total. The number of nitrogens with zero attached hydrogens (tertiary/aromatic N) is 1. The highest BCUT2D eigenvalue weighted by Crippen LogP contribution is 2.29. The number of unbranched alkanes of at least 4 members (excludes halogenated alkanes) is 2. The number of methoxy groups -OCH3 is 1. The van der Waals surface area contributed by atoms with Gasteiger partial charge >= 0.3 is 0 Å². The Kier molecular flexibility index (Phi) is 11.0. The number of halogens is 1. The summed E-state index contributed by atoms with van der Waals surface area (Å²) in [5.74, 6) is 0.724. The van der Waals surface area contributed by atoms with Crippen LogP contribution < -0.4 is 10.6 Å². The molecule has 0 radical (unpaired) electrons. The van der Waals surface area contributed by atoms with E-state index in [1.807, 2.05) is 12.1 Å². The van der Waals surface area contributed by atoms with Gasteiger partial charge in [0.05, 0.1) is 0 Å². The molecular formula is C18H28IN3O2S. The first-order valence-electron chi connectivity index (χ1n) is 8.34. The van der Waals surface area contributed by atoms with E-state index >= 15 is 0 Å². The topological polar surface area (TPSA) is 65.9 Å². The number of hydrogen-bond donors (Lipinski definition) is 3. The van der Waals surface area contributed by atoms with Crippen molar-refractivity contribution in [3.63, 3.8) is 0 Å². The maximum Gasteiger partial charge on any atom is 0.191 e. The quantitative estimate of drug-likeness (QED) is 0.224. The summed E-state index contributed by atoms with van der Waals surface area (Å²) in [7, 11) is 3.47. The number of aliphatic hydroxyl groups is 1. The lowest BCUT2D eigenvalue weighted by Gasteiger charge is -2.14. The predicted molar refractivity (Wildman–Crippen MR) is 117 cm³/mol. The van der Waals surface area contributed by atoms with Crippen molar-refractivity contribution in [2.75, 3.05) is 33.9 Å². The van der Waals surface area contributed by atoms with E-state index in [2.05, 4.69) is 33.8 Å². The second kappa shape index (κ2) is 12.5.